The van der Waals surface area contributed by atoms with Crippen molar-refractivity contribution in [2.45, 2.75) is 15.4 Å². The molecule has 0 amide bonds. The summed E-state index contributed by atoms with van der Waals surface area (Å²) in [6, 6.07) is 44.0. The molecule has 0 aliphatic heterocycles. The third kappa shape index (κ3) is 4.09. The van der Waals surface area contributed by atoms with Crippen LogP contribution < -0.4 is 0 Å². The first-order valence-corrected chi connectivity index (χ1v) is 15.1. The molecule has 0 unspecified atom stereocenters. The molecule has 1 nitrogen and oxygen atoms in total. The Bertz CT molecular complexity index is 1820. The van der Waals surface area contributed by atoms with E-state index in [0.29, 0.717) is 0 Å². The number of fused-ring (bicyclic) bond motifs is 6. The largest absolute Gasteiger partial charge is 0.376 e. The van der Waals surface area contributed by atoms with Gasteiger partial charge in [-0.15, -0.1) is 0 Å². The van der Waals surface area contributed by atoms with Crippen molar-refractivity contribution in [3.8, 4) is 22.3 Å². The summed E-state index contributed by atoms with van der Waals surface area (Å²) in [5, 5.41) is 15.7. The zero-order valence-electron chi connectivity index (χ0n) is 20.7. The van der Waals surface area contributed by atoms with Gasteiger partial charge in [0.25, 0.3) is 0 Å². The Morgan fingerprint density at radius 3 is 1.72 bits per heavy atom. The predicted octanol–water partition coefficient (Wildman–Crippen LogP) is 10.4. The molecule has 0 radical (unpaired) electrons. The van der Waals surface area contributed by atoms with E-state index >= 15 is 0 Å². The zero-order valence-corrected chi connectivity index (χ0v) is 24.7. The second kappa shape index (κ2) is 9.79. The van der Waals surface area contributed by atoms with E-state index in [1.807, 2.05) is 6.07 Å². The van der Waals surface area contributed by atoms with Gasteiger partial charge in [-0.25, -0.2) is 0 Å². The highest BCUT2D eigenvalue weighted by Crippen LogP contribution is 2.53. The van der Waals surface area contributed by atoms with Crippen molar-refractivity contribution < 1.29 is 5.11 Å². The SMILES string of the molecule is OC1(c2ccccc2Sc2cccc3ccccc23)c2cc(Br)ccc2-c2ccccc2-c2ccc(Br)cc21. The fraction of sp³-hybridized carbons (Fsp3) is 0.0286. The Morgan fingerprint density at radius 2 is 1.03 bits per heavy atom. The van der Waals surface area contributed by atoms with E-state index in [0.717, 1.165) is 57.7 Å². The molecule has 1 N–H and O–H groups in total. The van der Waals surface area contributed by atoms with Gasteiger partial charge in [0.05, 0.1) is 0 Å². The maximum Gasteiger partial charge on any atom is 0.142 e. The van der Waals surface area contributed by atoms with E-state index in [1.165, 1.54) is 10.8 Å². The quantitative estimate of drug-likeness (QED) is 0.206. The molecule has 0 heterocycles. The molecule has 0 saturated carbocycles. The van der Waals surface area contributed by atoms with Crippen molar-refractivity contribution in [3.63, 3.8) is 0 Å². The minimum absolute atomic E-state index is 0.854. The van der Waals surface area contributed by atoms with Crippen LogP contribution in [0.15, 0.2) is 146 Å². The van der Waals surface area contributed by atoms with Gasteiger partial charge < -0.3 is 5.11 Å². The molecule has 7 rings (SSSR count). The lowest BCUT2D eigenvalue weighted by molar-refractivity contribution is 0.124. The smallest absolute Gasteiger partial charge is 0.142 e. The molecule has 188 valence electrons. The zero-order chi connectivity index (χ0) is 26.6. The third-order valence-electron chi connectivity index (χ3n) is 7.50. The topological polar surface area (TPSA) is 20.2 Å². The molecule has 6 aromatic carbocycles. The normalized spacial score (nSPS) is 13.3. The van der Waals surface area contributed by atoms with Crippen LogP contribution in [0, 0.1) is 0 Å². The molecule has 0 bridgehead atoms. The van der Waals surface area contributed by atoms with Gasteiger partial charge in [-0.05, 0) is 69.4 Å². The lowest BCUT2D eigenvalue weighted by Gasteiger charge is -2.33. The molecule has 1 aliphatic carbocycles. The highest BCUT2D eigenvalue weighted by Gasteiger charge is 2.42. The molecule has 0 saturated heterocycles. The maximum atomic E-state index is 13.3. The third-order valence-corrected chi connectivity index (χ3v) is 9.63. The average Bonchev–Trinajstić information content (AvgIpc) is 3.05. The molecule has 0 aromatic heterocycles. The van der Waals surface area contributed by atoms with Crippen molar-refractivity contribution in [1.29, 1.82) is 0 Å². The van der Waals surface area contributed by atoms with Gasteiger partial charge in [0.1, 0.15) is 5.60 Å². The number of halogens is 2. The van der Waals surface area contributed by atoms with Crippen LogP contribution in [0.3, 0.4) is 0 Å². The Hall–Kier alpha value is -3.15. The highest BCUT2D eigenvalue weighted by atomic mass is 79.9. The van der Waals surface area contributed by atoms with Crippen molar-refractivity contribution in [2.24, 2.45) is 0 Å². The van der Waals surface area contributed by atoms with E-state index in [2.05, 4.69) is 153 Å². The molecule has 4 heteroatoms. The number of rotatable bonds is 3. The summed E-state index contributed by atoms with van der Waals surface area (Å²) in [7, 11) is 0. The fourth-order valence-corrected chi connectivity index (χ4v) is 7.62. The summed E-state index contributed by atoms with van der Waals surface area (Å²) >= 11 is 9.12. The number of benzene rings is 6. The first kappa shape index (κ1) is 24.9. The molecule has 6 aromatic rings. The van der Waals surface area contributed by atoms with E-state index in [4.69, 9.17) is 0 Å². The van der Waals surface area contributed by atoms with Crippen molar-refractivity contribution >= 4 is 54.4 Å². The summed E-state index contributed by atoms with van der Waals surface area (Å²) in [6.45, 7) is 0. The average molecular weight is 650 g/mol. The first-order chi connectivity index (χ1) is 19.0. The van der Waals surface area contributed by atoms with E-state index in [1.54, 1.807) is 11.8 Å². The highest BCUT2D eigenvalue weighted by molar-refractivity contribution is 9.10. The van der Waals surface area contributed by atoms with Gasteiger partial charge in [0, 0.05) is 35.4 Å². The van der Waals surface area contributed by atoms with Crippen LogP contribution in [0.1, 0.15) is 16.7 Å². The number of hydrogen-bond donors (Lipinski definition) is 1. The van der Waals surface area contributed by atoms with Gasteiger partial charge in [-0.1, -0.05) is 135 Å². The lowest BCUT2D eigenvalue weighted by Crippen LogP contribution is -2.30. The van der Waals surface area contributed by atoms with E-state index in [-0.39, 0.29) is 0 Å². The minimum atomic E-state index is -1.41. The van der Waals surface area contributed by atoms with Crippen LogP contribution in [-0.4, -0.2) is 5.11 Å². The van der Waals surface area contributed by atoms with E-state index in [9.17, 15) is 5.11 Å². The Kier molecular flexibility index (Phi) is 6.24. The van der Waals surface area contributed by atoms with Crippen LogP contribution in [-0.2, 0) is 5.60 Å². The van der Waals surface area contributed by atoms with Crippen molar-refractivity contribution in [2.75, 3.05) is 0 Å². The lowest BCUT2D eigenvalue weighted by atomic mass is 9.77. The van der Waals surface area contributed by atoms with Gasteiger partial charge in [-0.2, -0.15) is 0 Å². The maximum absolute atomic E-state index is 13.3. The van der Waals surface area contributed by atoms with E-state index < -0.39 is 5.60 Å². The Balaban J connectivity index is 1.54. The second-order valence-corrected chi connectivity index (χ2v) is 12.6. The molecular weight excluding hydrogens is 628 g/mol. The molecule has 0 spiro atoms. The molecular formula is C35H22Br2OS. The Labute approximate surface area is 248 Å². The monoisotopic (exact) mass is 648 g/mol. The second-order valence-electron chi connectivity index (χ2n) is 9.71. The van der Waals surface area contributed by atoms with Crippen molar-refractivity contribution in [3.05, 3.63) is 153 Å². The molecule has 39 heavy (non-hydrogen) atoms. The summed E-state index contributed by atoms with van der Waals surface area (Å²) in [5.74, 6) is 0. The van der Waals surface area contributed by atoms with Gasteiger partial charge in [-0.3, -0.25) is 0 Å². The first-order valence-electron chi connectivity index (χ1n) is 12.7. The number of aliphatic hydroxyl groups is 1. The van der Waals surface area contributed by atoms with Crippen LogP contribution in [0.4, 0.5) is 0 Å². The van der Waals surface area contributed by atoms with Crippen LogP contribution in [0.2, 0.25) is 0 Å². The van der Waals surface area contributed by atoms with Gasteiger partial charge in [0.15, 0.2) is 0 Å². The van der Waals surface area contributed by atoms with Crippen LogP contribution >= 0.6 is 43.6 Å². The molecule has 0 fully saturated rings. The summed E-state index contributed by atoms with van der Waals surface area (Å²) in [4.78, 5) is 2.17. The predicted molar refractivity (Wildman–Crippen MR) is 169 cm³/mol. The molecule has 0 atom stereocenters. The summed E-state index contributed by atoms with van der Waals surface area (Å²) < 4.78 is 1.85. The Morgan fingerprint density at radius 1 is 0.487 bits per heavy atom. The molecule has 1 aliphatic rings. The standard InChI is InChI=1S/C35H22Br2OS/c36-23-16-18-28-26-11-3-4-12-27(26)29-19-17-24(37)21-32(29)35(38,31(28)20-23)30-13-5-6-14-34(30)39-33-15-7-9-22-8-1-2-10-25(22)33/h1-21,38H. The van der Waals surface area contributed by atoms with Crippen LogP contribution in [0.25, 0.3) is 33.0 Å². The van der Waals surface area contributed by atoms with Gasteiger partial charge >= 0.3 is 0 Å². The van der Waals surface area contributed by atoms with Gasteiger partial charge in [0.2, 0.25) is 0 Å². The van der Waals surface area contributed by atoms with Crippen LogP contribution in [0.5, 0.6) is 0 Å². The van der Waals surface area contributed by atoms with Crippen molar-refractivity contribution in [1.82, 2.24) is 0 Å². The fourth-order valence-electron chi connectivity index (χ4n) is 5.75. The summed E-state index contributed by atoms with van der Waals surface area (Å²) in [6.07, 6.45) is 0. The minimum Gasteiger partial charge on any atom is -0.376 e. The number of hydrogen-bond acceptors (Lipinski definition) is 2. The summed E-state index contributed by atoms with van der Waals surface area (Å²) in [5.41, 5.74) is 5.42.